The minimum Gasteiger partial charge on any atom is -0.383 e. The van der Waals surface area contributed by atoms with E-state index in [0.29, 0.717) is 24.1 Å². The molecule has 2 unspecified atom stereocenters. The molecule has 1 saturated heterocycles. The highest BCUT2D eigenvalue weighted by atomic mass is 35.5. The van der Waals surface area contributed by atoms with Crippen molar-refractivity contribution in [2.75, 3.05) is 34.0 Å². The third-order valence-corrected chi connectivity index (χ3v) is 3.90. The molecule has 0 saturated carbocycles. The first-order valence-corrected chi connectivity index (χ1v) is 7.11. The van der Waals surface area contributed by atoms with Crippen molar-refractivity contribution >= 4 is 11.6 Å². The van der Waals surface area contributed by atoms with Gasteiger partial charge in [0.25, 0.3) is 0 Å². The average molecular weight is 288 g/mol. The maximum Gasteiger partial charge on any atom is 0.0834 e. The zero-order valence-corrected chi connectivity index (χ0v) is 12.3. The van der Waals surface area contributed by atoms with Gasteiger partial charge in [0.1, 0.15) is 0 Å². The standard InChI is InChI=1S/C13H22ClN3O2/c1-15-12(10-4-3-6-19-9-10)13-11(14)8-16-17(13)5-7-18-2/h8,10,12,15H,3-7,9H2,1-2H3. The molecule has 2 rings (SSSR count). The molecule has 1 aromatic rings. The van der Waals surface area contributed by atoms with E-state index in [2.05, 4.69) is 10.4 Å². The summed E-state index contributed by atoms with van der Waals surface area (Å²) in [5.41, 5.74) is 1.04. The van der Waals surface area contributed by atoms with Crippen LogP contribution in [0.1, 0.15) is 24.6 Å². The van der Waals surface area contributed by atoms with Crippen LogP contribution in [0.2, 0.25) is 5.02 Å². The topological polar surface area (TPSA) is 48.3 Å². The summed E-state index contributed by atoms with van der Waals surface area (Å²) >= 11 is 6.31. The third kappa shape index (κ3) is 3.48. The fourth-order valence-electron chi connectivity index (χ4n) is 2.66. The number of methoxy groups -OCH3 is 1. The summed E-state index contributed by atoms with van der Waals surface area (Å²) in [6.45, 7) is 2.98. The Morgan fingerprint density at radius 2 is 2.53 bits per heavy atom. The summed E-state index contributed by atoms with van der Waals surface area (Å²) in [5.74, 6) is 0.439. The second kappa shape index (κ2) is 7.24. The molecule has 0 bridgehead atoms. The summed E-state index contributed by atoms with van der Waals surface area (Å²) in [4.78, 5) is 0. The second-order valence-corrected chi connectivity index (χ2v) is 5.24. The van der Waals surface area contributed by atoms with Crippen molar-refractivity contribution < 1.29 is 9.47 Å². The summed E-state index contributed by atoms with van der Waals surface area (Å²) < 4.78 is 12.6. The van der Waals surface area contributed by atoms with Crippen molar-refractivity contribution in [2.24, 2.45) is 5.92 Å². The van der Waals surface area contributed by atoms with Crippen LogP contribution in [0.15, 0.2) is 6.20 Å². The smallest absolute Gasteiger partial charge is 0.0834 e. The summed E-state index contributed by atoms with van der Waals surface area (Å²) in [7, 11) is 3.65. The van der Waals surface area contributed by atoms with E-state index >= 15 is 0 Å². The van der Waals surface area contributed by atoms with Gasteiger partial charge in [-0.25, -0.2) is 0 Å². The fraction of sp³-hybridized carbons (Fsp3) is 0.769. The van der Waals surface area contributed by atoms with E-state index in [9.17, 15) is 0 Å². The van der Waals surface area contributed by atoms with Gasteiger partial charge in [0.2, 0.25) is 0 Å². The second-order valence-electron chi connectivity index (χ2n) is 4.84. The highest BCUT2D eigenvalue weighted by Gasteiger charge is 2.29. The Morgan fingerprint density at radius 3 is 3.16 bits per heavy atom. The first-order chi connectivity index (χ1) is 9.27. The van der Waals surface area contributed by atoms with E-state index < -0.39 is 0 Å². The molecule has 2 heterocycles. The van der Waals surface area contributed by atoms with Crippen LogP contribution in [0.3, 0.4) is 0 Å². The van der Waals surface area contributed by atoms with Gasteiger partial charge in [-0.15, -0.1) is 0 Å². The lowest BCUT2D eigenvalue weighted by atomic mass is 9.91. The minimum atomic E-state index is 0.173. The maximum atomic E-state index is 6.31. The molecule has 1 aromatic heterocycles. The summed E-state index contributed by atoms with van der Waals surface area (Å²) in [6.07, 6.45) is 3.96. The number of rotatable bonds is 6. The van der Waals surface area contributed by atoms with E-state index in [1.807, 2.05) is 11.7 Å². The molecule has 1 aliphatic heterocycles. The van der Waals surface area contributed by atoms with Crippen LogP contribution in [0.25, 0.3) is 0 Å². The first kappa shape index (κ1) is 14.8. The lowest BCUT2D eigenvalue weighted by Gasteiger charge is -2.30. The number of nitrogens with zero attached hydrogens (tertiary/aromatic N) is 2. The molecule has 0 amide bonds. The summed E-state index contributed by atoms with van der Waals surface area (Å²) in [6, 6.07) is 0.173. The number of ether oxygens (including phenoxy) is 2. The Bertz CT molecular complexity index is 391. The number of halogens is 1. The van der Waals surface area contributed by atoms with Crippen molar-refractivity contribution in [3.05, 3.63) is 16.9 Å². The Balaban J connectivity index is 2.18. The molecular weight excluding hydrogens is 266 g/mol. The van der Waals surface area contributed by atoms with Crippen LogP contribution in [-0.2, 0) is 16.0 Å². The van der Waals surface area contributed by atoms with Crippen LogP contribution in [-0.4, -0.2) is 43.8 Å². The molecule has 0 radical (unpaired) electrons. The maximum absolute atomic E-state index is 6.31. The monoisotopic (exact) mass is 287 g/mol. The van der Waals surface area contributed by atoms with E-state index in [4.69, 9.17) is 21.1 Å². The molecule has 0 aliphatic carbocycles. The quantitative estimate of drug-likeness (QED) is 0.868. The molecule has 2 atom stereocenters. The van der Waals surface area contributed by atoms with E-state index in [0.717, 1.165) is 31.7 Å². The van der Waals surface area contributed by atoms with Crippen LogP contribution < -0.4 is 5.32 Å². The third-order valence-electron chi connectivity index (χ3n) is 3.61. The predicted molar refractivity (Wildman–Crippen MR) is 74.5 cm³/mol. The normalized spacial score (nSPS) is 21.5. The first-order valence-electron chi connectivity index (χ1n) is 6.73. The van der Waals surface area contributed by atoms with Crippen LogP contribution in [0.4, 0.5) is 0 Å². The molecule has 5 nitrogen and oxygen atoms in total. The van der Waals surface area contributed by atoms with Gasteiger partial charge in [-0.3, -0.25) is 4.68 Å². The van der Waals surface area contributed by atoms with Gasteiger partial charge in [0.15, 0.2) is 0 Å². The van der Waals surface area contributed by atoms with Crippen molar-refractivity contribution in [3.63, 3.8) is 0 Å². The number of aromatic nitrogens is 2. The van der Waals surface area contributed by atoms with Crippen molar-refractivity contribution in [1.82, 2.24) is 15.1 Å². The zero-order chi connectivity index (χ0) is 13.7. The van der Waals surface area contributed by atoms with Crippen LogP contribution in [0.5, 0.6) is 0 Å². The fourth-order valence-corrected chi connectivity index (χ4v) is 2.92. The van der Waals surface area contributed by atoms with Gasteiger partial charge in [-0.05, 0) is 19.9 Å². The molecule has 1 N–H and O–H groups in total. The zero-order valence-electron chi connectivity index (χ0n) is 11.6. The minimum absolute atomic E-state index is 0.173. The molecule has 6 heteroatoms. The number of nitrogens with one attached hydrogen (secondary N) is 1. The van der Waals surface area contributed by atoms with Crippen LogP contribution >= 0.6 is 11.6 Å². The Morgan fingerprint density at radius 1 is 1.68 bits per heavy atom. The lowest BCUT2D eigenvalue weighted by Crippen LogP contribution is -2.33. The molecule has 0 aromatic carbocycles. The number of hydrogen-bond donors (Lipinski definition) is 1. The molecule has 19 heavy (non-hydrogen) atoms. The molecular formula is C13H22ClN3O2. The average Bonchev–Trinajstić information content (AvgIpc) is 2.80. The predicted octanol–water partition coefficient (Wildman–Crippen LogP) is 1.87. The lowest BCUT2D eigenvalue weighted by molar-refractivity contribution is 0.0386. The SMILES string of the molecule is CNC(c1c(Cl)cnn1CCOC)C1CCCOC1. The molecule has 108 valence electrons. The van der Waals surface area contributed by atoms with Gasteiger partial charge in [-0.1, -0.05) is 11.6 Å². The van der Waals surface area contributed by atoms with Gasteiger partial charge in [0.05, 0.1) is 42.7 Å². The Labute approximate surface area is 119 Å². The van der Waals surface area contributed by atoms with Gasteiger partial charge >= 0.3 is 0 Å². The highest BCUT2D eigenvalue weighted by Crippen LogP contribution is 2.32. The molecule has 1 aliphatic rings. The Hall–Kier alpha value is -0.620. The highest BCUT2D eigenvalue weighted by molar-refractivity contribution is 6.31. The Kier molecular flexibility index (Phi) is 5.63. The van der Waals surface area contributed by atoms with Crippen LogP contribution in [0, 0.1) is 5.92 Å². The number of hydrogen-bond acceptors (Lipinski definition) is 4. The molecule has 0 spiro atoms. The van der Waals surface area contributed by atoms with Crippen molar-refractivity contribution in [2.45, 2.75) is 25.4 Å². The largest absolute Gasteiger partial charge is 0.383 e. The van der Waals surface area contributed by atoms with Gasteiger partial charge in [0, 0.05) is 19.6 Å². The van der Waals surface area contributed by atoms with Gasteiger partial charge in [-0.2, -0.15) is 5.10 Å². The molecule has 1 fully saturated rings. The summed E-state index contributed by atoms with van der Waals surface area (Å²) in [5, 5.41) is 8.42. The van der Waals surface area contributed by atoms with Gasteiger partial charge < -0.3 is 14.8 Å². The van der Waals surface area contributed by atoms with E-state index in [-0.39, 0.29) is 6.04 Å². The van der Waals surface area contributed by atoms with Crippen molar-refractivity contribution in [1.29, 1.82) is 0 Å². The van der Waals surface area contributed by atoms with E-state index in [1.54, 1.807) is 13.3 Å². The van der Waals surface area contributed by atoms with Crippen molar-refractivity contribution in [3.8, 4) is 0 Å². The van der Waals surface area contributed by atoms with E-state index in [1.165, 1.54) is 0 Å².